The fraction of sp³-hybridized carbons (Fsp3) is 0.632. The number of likely N-dealkylation sites (N-methyl/N-ethyl adjacent to an activating group) is 1. The van der Waals surface area contributed by atoms with Crippen LogP contribution >= 0.6 is 0 Å². The summed E-state index contributed by atoms with van der Waals surface area (Å²) in [5, 5.41) is 2.62. The minimum Gasteiger partial charge on any atom is -0.357 e. The highest BCUT2D eigenvalue weighted by molar-refractivity contribution is 5.46. The van der Waals surface area contributed by atoms with Crippen molar-refractivity contribution in [3.63, 3.8) is 0 Å². The largest absolute Gasteiger partial charge is 0.401 e. The van der Waals surface area contributed by atoms with Crippen LogP contribution in [0.4, 0.5) is 13.2 Å². The lowest BCUT2D eigenvalue weighted by Gasteiger charge is -2.53. The number of hydrogen-bond donors (Lipinski definition) is 1. The number of carbonyl (C=O) groups excluding carboxylic acids is 1. The molecule has 0 bridgehead atoms. The molecule has 0 saturated heterocycles. The van der Waals surface area contributed by atoms with Crippen LogP contribution in [-0.2, 0) is 10.3 Å². The highest BCUT2D eigenvalue weighted by atomic mass is 19.4. The van der Waals surface area contributed by atoms with Crippen LogP contribution in [0.15, 0.2) is 30.3 Å². The van der Waals surface area contributed by atoms with Crippen LogP contribution in [0.3, 0.4) is 0 Å². The summed E-state index contributed by atoms with van der Waals surface area (Å²) in [7, 11) is 5.54. The smallest absolute Gasteiger partial charge is 0.357 e. The zero-order chi connectivity index (χ0) is 19.4. The summed E-state index contributed by atoms with van der Waals surface area (Å²) in [5.41, 5.74) is 0.288. The molecule has 1 saturated carbocycles. The van der Waals surface area contributed by atoms with Gasteiger partial charge in [0, 0.05) is 17.6 Å². The lowest BCUT2D eigenvalue weighted by atomic mass is 9.68. The molecule has 0 aliphatic heterocycles. The molecule has 2 rings (SSSR count). The number of alkyl halides is 3. The van der Waals surface area contributed by atoms with E-state index in [9.17, 15) is 18.0 Å². The van der Waals surface area contributed by atoms with Crippen molar-refractivity contribution in [2.24, 2.45) is 0 Å². The molecule has 0 aromatic heterocycles. The van der Waals surface area contributed by atoms with Crippen LogP contribution in [0.2, 0.25) is 0 Å². The molecule has 1 aromatic carbocycles. The van der Waals surface area contributed by atoms with E-state index in [1.54, 1.807) is 0 Å². The van der Waals surface area contributed by atoms with Crippen molar-refractivity contribution in [2.75, 3.05) is 34.2 Å². The fourth-order valence-corrected chi connectivity index (χ4v) is 4.23. The Morgan fingerprint density at radius 1 is 1.08 bits per heavy atom. The third kappa shape index (κ3) is 4.38. The van der Waals surface area contributed by atoms with E-state index in [0.717, 1.165) is 12.8 Å². The second kappa shape index (κ2) is 7.96. The van der Waals surface area contributed by atoms with Crippen molar-refractivity contribution in [1.82, 2.24) is 15.1 Å². The van der Waals surface area contributed by atoms with Gasteiger partial charge in [-0.3, -0.25) is 14.6 Å². The fourth-order valence-electron chi connectivity index (χ4n) is 4.23. The van der Waals surface area contributed by atoms with Crippen molar-refractivity contribution in [1.29, 1.82) is 0 Å². The third-order valence-corrected chi connectivity index (χ3v) is 5.92. The zero-order valence-corrected chi connectivity index (χ0v) is 15.6. The monoisotopic (exact) mass is 371 g/mol. The first-order chi connectivity index (χ1) is 12.2. The van der Waals surface area contributed by atoms with Gasteiger partial charge in [-0.25, -0.2) is 0 Å². The molecule has 146 valence electrons. The second-order valence-electron chi connectivity index (χ2n) is 7.49. The number of benzene rings is 1. The Morgan fingerprint density at radius 3 is 2.12 bits per heavy atom. The van der Waals surface area contributed by atoms with Gasteiger partial charge in [0.05, 0.1) is 6.54 Å². The predicted octanol–water partition coefficient (Wildman–Crippen LogP) is 3.00. The zero-order valence-electron chi connectivity index (χ0n) is 15.6. The third-order valence-electron chi connectivity index (χ3n) is 5.92. The Labute approximate surface area is 153 Å². The molecule has 1 aromatic rings. The number of amides is 1. The van der Waals surface area contributed by atoms with E-state index in [4.69, 9.17) is 0 Å². The number of hydrogen-bond acceptors (Lipinski definition) is 3. The lowest BCUT2D eigenvalue weighted by Crippen LogP contribution is -2.60. The molecule has 1 N–H and O–H groups in total. The van der Waals surface area contributed by atoms with Gasteiger partial charge in [0.25, 0.3) is 0 Å². The van der Waals surface area contributed by atoms with E-state index in [0.29, 0.717) is 19.3 Å². The van der Waals surface area contributed by atoms with Crippen LogP contribution in [0.25, 0.3) is 0 Å². The molecule has 0 atom stereocenters. The molecule has 26 heavy (non-hydrogen) atoms. The number of nitrogens with zero attached hydrogens (tertiary/aromatic N) is 2. The first-order valence-electron chi connectivity index (χ1n) is 8.83. The molecular formula is C19H28F3N3O. The molecule has 0 unspecified atom stereocenters. The maximum Gasteiger partial charge on any atom is 0.401 e. The van der Waals surface area contributed by atoms with Crippen LogP contribution in [0, 0.1) is 0 Å². The normalized spacial score (nSPS) is 26.9. The average Bonchev–Trinajstić information content (AvgIpc) is 2.59. The SMILES string of the molecule is CN(CC(F)(F)F)C1(CNC=O)CCC(c2ccccc2)(N(C)C)CC1. The minimum absolute atomic E-state index is 0.203. The molecule has 7 heteroatoms. The van der Waals surface area contributed by atoms with Gasteiger partial charge in [-0.2, -0.15) is 13.2 Å². The summed E-state index contributed by atoms with van der Waals surface area (Å²) in [6.45, 7) is -0.755. The van der Waals surface area contributed by atoms with Crippen molar-refractivity contribution in [3.05, 3.63) is 35.9 Å². The molecule has 1 aliphatic carbocycles. The predicted molar refractivity (Wildman–Crippen MR) is 95.8 cm³/mol. The van der Waals surface area contributed by atoms with E-state index in [1.807, 2.05) is 32.3 Å². The highest BCUT2D eigenvalue weighted by Gasteiger charge is 2.48. The van der Waals surface area contributed by atoms with Gasteiger partial charge < -0.3 is 5.32 Å². The molecular weight excluding hydrogens is 343 g/mol. The van der Waals surface area contributed by atoms with Crippen LogP contribution in [0.1, 0.15) is 31.2 Å². The van der Waals surface area contributed by atoms with Crippen LogP contribution in [0.5, 0.6) is 0 Å². The van der Waals surface area contributed by atoms with Gasteiger partial charge in [-0.15, -0.1) is 0 Å². The molecule has 1 amide bonds. The lowest BCUT2D eigenvalue weighted by molar-refractivity contribution is -0.160. The molecule has 1 aliphatic rings. The van der Waals surface area contributed by atoms with Gasteiger partial charge >= 0.3 is 6.18 Å². The van der Waals surface area contributed by atoms with Crippen LogP contribution < -0.4 is 5.32 Å². The van der Waals surface area contributed by atoms with Crippen molar-refractivity contribution in [3.8, 4) is 0 Å². The molecule has 1 fully saturated rings. The Morgan fingerprint density at radius 2 is 1.65 bits per heavy atom. The van der Waals surface area contributed by atoms with Gasteiger partial charge in [-0.1, -0.05) is 30.3 Å². The summed E-state index contributed by atoms with van der Waals surface area (Å²) in [4.78, 5) is 14.3. The van der Waals surface area contributed by atoms with E-state index in [1.165, 1.54) is 17.5 Å². The second-order valence-corrected chi connectivity index (χ2v) is 7.49. The van der Waals surface area contributed by atoms with Gasteiger partial charge in [0.2, 0.25) is 6.41 Å². The Bertz CT molecular complexity index is 581. The maximum absolute atomic E-state index is 13.0. The summed E-state index contributed by atoms with van der Waals surface area (Å²) < 4.78 is 38.9. The van der Waals surface area contributed by atoms with E-state index >= 15 is 0 Å². The Kier molecular flexibility index (Phi) is 6.34. The van der Waals surface area contributed by atoms with Crippen LogP contribution in [-0.4, -0.2) is 62.2 Å². The molecule has 4 nitrogen and oxygen atoms in total. The summed E-state index contributed by atoms with van der Waals surface area (Å²) >= 11 is 0. The summed E-state index contributed by atoms with van der Waals surface area (Å²) in [6, 6.07) is 10.1. The summed E-state index contributed by atoms with van der Waals surface area (Å²) in [5.74, 6) is 0. The summed E-state index contributed by atoms with van der Waals surface area (Å²) in [6.07, 6.45) is -1.09. The quantitative estimate of drug-likeness (QED) is 0.749. The topological polar surface area (TPSA) is 35.6 Å². The first kappa shape index (κ1) is 20.7. The molecule has 0 spiro atoms. The van der Waals surface area contributed by atoms with Crippen molar-refractivity contribution in [2.45, 2.75) is 42.9 Å². The minimum atomic E-state index is -4.27. The average molecular weight is 371 g/mol. The first-order valence-corrected chi connectivity index (χ1v) is 8.83. The Balaban J connectivity index is 2.27. The molecule has 0 heterocycles. The van der Waals surface area contributed by atoms with Gasteiger partial charge in [-0.05, 0) is 52.4 Å². The molecule has 0 radical (unpaired) electrons. The standard InChI is InChI=1S/C19H28F3N3O/c1-24(2)18(16-7-5-4-6-8-16)11-9-17(10-12-18,13-23-15-26)25(3)14-19(20,21)22/h4-8,15H,9-14H2,1-3H3,(H,23,26). The number of nitrogens with one attached hydrogen (secondary N) is 1. The number of halogens is 3. The van der Waals surface area contributed by atoms with E-state index in [-0.39, 0.29) is 12.1 Å². The number of rotatable bonds is 7. The number of carbonyl (C=O) groups is 1. The van der Waals surface area contributed by atoms with Gasteiger partial charge in [0.15, 0.2) is 0 Å². The van der Waals surface area contributed by atoms with E-state index < -0.39 is 18.3 Å². The Hall–Kier alpha value is -1.60. The van der Waals surface area contributed by atoms with E-state index in [2.05, 4.69) is 22.3 Å². The highest BCUT2D eigenvalue weighted by Crippen LogP contribution is 2.46. The van der Waals surface area contributed by atoms with Crippen molar-refractivity contribution >= 4 is 6.41 Å². The maximum atomic E-state index is 13.0. The van der Waals surface area contributed by atoms with Crippen molar-refractivity contribution < 1.29 is 18.0 Å². The van der Waals surface area contributed by atoms with Gasteiger partial charge in [0.1, 0.15) is 0 Å².